The molecule has 0 radical (unpaired) electrons. The van der Waals surface area contributed by atoms with Gasteiger partial charge >= 0.3 is 0 Å². The third-order valence-electron chi connectivity index (χ3n) is 2.84. The highest BCUT2D eigenvalue weighted by molar-refractivity contribution is 14.0. The molecular weight excluding hydrogens is 423 g/mol. The number of aliphatic imine (C=N–C) groups is 1. The zero-order valence-electron chi connectivity index (χ0n) is 12.9. The van der Waals surface area contributed by atoms with Gasteiger partial charge in [-0.1, -0.05) is 0 Å². The van der Waals surface area contributed by atoms with Crippen LogP contribution in [0.15, 0.2) is 4.99 Å². The third-order valence-corrected chi connectivity index (χ3v) is 3.61. The summed E-state index contributed by atoms with van der Waals surface area (Å²) >= 11 is 0. The number of hydrogen-bond donors (Lipinski definition) is 3. The molecule has 1 fully saturated rings. The number of nitrogens with two attached hydrogens (primary N) is 1. The van der Waals surface area contributed by atoms with Gasteiger partial charge < -0.3 is 20.1 Å². The Hall–Kier alpha value is -0.170. The molecule has 0 bridgehead atoms. The summed E-state index contributed by atoms with van der Waals surface area (Å²) < 4.78 is 32.6. The second-order valence-corrected chi connectivity index (χ2v) is 6.50. The summed E-state index contributed by atoms with van der Waals surface area (Å²) in [5, 5.41) is 10.9. The first kappa shape index (κ1) is 21.8. The van der Waals surface area contributed by atoms with Crippen LogP contribution >= 0.6 is 24.0 Å². The first-order chi connectivity index (χ1) is 10.0. The van der Waals surface area contributed by atoms with E-state index in [2.05, 4.69) is 15.6 Å². The van der Waals surface area contributed by atoms with E-state index >= 15 is 0 Å². The lowest BCUT2D eigenvalue weighted by molar-refractivity contribution is 0.0424. The molecule has 8 nitrogen and oxygen atoms in total. The number of nitrogens with zero attached hydrogens (tertiary/aromatic N) is 1. The van der Waals surface area contributed by atoms with E-state index < -0.39 is 10.0 Å². The van der Waals surface area contributed by atoms with E-state index in [4.69, 9.17) is 14.6 Å². The molecule has 22 heavy (non-hydrogen) atoms. The standard InChI is InChI=1S/C12H26N4O4S.HI/c1-2-14-12(16-6-9-21(13,17)18)15-5-3-7-20-11-4-8-19-10-11;/h11H,2-10H2,1H3,(H2,13,17,18)(H2,14,15,16);1H. The van der Waals surface area contributed by atoms with E-state index in [-0.39, 0.29) is 42.4 Å². The lowest BCUT2D eigenvalue weighted by atomic mass is 10.3. The summed E-state index contributed by atoms with van der Waals surface area (Å²) in [6.07, 6.45) is 1.98. The predicted molar refractivity (Wildman–Crippen MR) is 97.2 cm³/mol. The van der Waals surface area contributed by atoms with E-state index in [9.17, 15) is 8.42 Å². The van der Waals surface area contributed by atoms with Crippen LogP contribution < -0.4 is 15.8 Å². The van der Waals surface area contributed by atoms with Crippen LogP contribution in [0.4, 0.5) is 0 Å². The molecule has 0 aliphatic carbocycles. The maximum absolute atomic E-state index is 10.8. The number of sulfonamides is 1. The number of guanidine groups is 1. The molecule has 0 aromatic heterocycles. The highest BCUT2D eigenvalue weighted by Gasteiger charge is 2.15. The van der Waals surface area contributed by atoms with Crippen LogP contribution in [0.5, 0.6) is 0 Å². The van der Waals surface area contributed by atoms with Crippen LogP contribution in [0.2, 0.25) is 0 Å². The van der Waals surface area contributed by atoms with E-state index in [1.807, 2.05) is 6.92 Å². The van der Waals surface area contributed by atoms with Gasteiger partial charge in [0.2, 0.25) is 10.0 Å². The summed E-state index contributed by atoms with van der Waals surface area (Å²) in [7, 11) is -3.45. The Bertz CT molecular complexity index is 413. The molecule has 132 valence electrons. The zero-order valence-corrected chi connectivity index (χ0v) is 16.1. The highest BCUT2D eigenvalue weighted by atomic mass is 127. The van der Waals surface area contributed by atoms with Crippen LogP contribution in [0.1, 0.15) is 19.8 Å². The molecule has 0 saturated carbocycles. The minimum absolute atomic E-state index is 0. The first-order valence-corrected chi connectivity index (χ1v) is 8.95. The number of rotatable bonds is 9. The van der Waals surface area contributed by atoms with Crippen LogP contribution in [0.3, 0.4) is 0 Å². The van der Waals surface area contributed by atoms with Crippen molar-refractivity contribution in [2.24, 2.45) is 10.1 Å². The number of hydrogen-bond acceptors (Lipinski definition) is 5. The Morgan fingerprint density at radius 1 is 1.45 bits per heavy atom. The van der Waals surface area contributed by atoms with Crippen LogP contribution in [0, 0.1) is 0 Å². The molecule has 0 amide bonds. The maximum atomic E-state index is 10.8. The van der Waals surface area contributed by atoms with Crippen molar-refractivity contribution in [3.8, 4) is 0 Å². The smallest absolute Gasteiger partial charge is 0.210 e. The predicted octanol–water partition coefficient (Wildman–Crippen LogP) is -0.356. The van der Waals surface area contributed by atoms with Crippen molar-refractivity contribution in [3.63, 3.8) is 0 Å². The lowest BCUT2D eigenvalue weighted by Gasteiger charge is -2.11. The number of primary sulfonamides is 1. The molecule has 1 rings (SSSR count). The first-order valence-electron chi connectivity index (χ1n) is 7.23. The van der Waals surface area contributed by atoms with Gasteiger partial charge in [0.15, 0.2) is 5.96 Å². The Morgan fingerprint density at radius 3 is 2.82 bits per heavy atom. The maximum Gasteiger partial charge on any atom is 0.210 e. The van der Waals surface area contributed by atoms with Crippen molar-refractivity contribution in [3.05, 3.63) is 0 Å². The highest BCUT2D eigenvalue weighted by Crippen LogP contribution is 2.07. The monoisotopic (exact) mass is 450 g/mol. The molecule has 4 N–H and O–H groups in total. The average molecular weight is 450 g/mol. The second kappa shape index (κ2) is 12.3. The molecule has 1 heterocycles. The minimum atomic E-state index is -3.45. The summed E-state index contributed by atoms with van der Waals surface area (Å²) in [4.78, 5) is 4.34. The molecule has 1 unspecified atom stereocenters. The fourth-order valence-electron chi connectivity index (χ4n) is 1.80. The van der Waals surface area contributed by atoms with Crippen LogP contribution in [0.25, 0.3) is 0 Å². The van der Waals surface area contributed by atoms with Crippen molar-refractivity contribution in [2.75, 3.05) is 45.2 Å². The van der Waals surface area contributed by atoms with Gasteiger partial charge in [-0.2, -0.15) is 0 Å². The molecule has 1 aliphatic rings. The number of ether oxygens (including phenoxy) is 2. The van der Waals surface area contributed by atoms with Crippen molar-refractivity contribution in [2.45, 2.75) is 25.9 Å². The van der Waals surface area contributed by atoms with E-state index in [0.717, 1.165) is 19.4 Å². The molecule has 0 aromatic rings. The Balaban J connectivity index is 0.00000441. The average Bonchev–Trinajstić information content (AvgIpc) is 2.90. The normalized spacial score (nSPS) is 18.8. The van der Waals surface area contributed by atoms with Gasteiger partial charge in [0.05, 0.1) is 18.5 Å². The van der Waals surface area contributed by atoms with Crippen molar-refractivity contribution < 1.29 is 17.9 Å². The fourth-order valence-corrected chi connectivity index (χ4v) is 2.19. The summed E-state index contributed by atoms with van der Waals surface area (Å²) in [6, 6.07) is 0. The Morgan fingerprint density at radius 2 is 2.23 bits per heavy atom. The fraction of sp³-hybridized carbons (Fsp3) is 0.917. The molecule has 10 heteroatoms. The Kier molecular flexibility index (Phi) is 12.2. The van der Waals surface area contributed by atoms with Gasteiger partial charge in [0.1, 0.15) is 0 Å². The van der Waals surface area contributed by atoms with Gasteiger partial charge in [0, 0.05) is 32.8 Å². The molecule has 1 atom stereocenters. The molecule has 0 spiro atoms. The van der Waals surface area contributed by atoms with Crippen molar-refractivity contribution >= 4 is 40.0 Å². The van der Waals surface area contributed by atoms with Gasteiger partial charge in [-0.15, -0.1) is 24.0 Å². The van der Waals surface area contributed by atoms with Crippen molar-refractivity contribution in [1.29, 1.82) is 0 Å². The molecule has 1 aliphatic heterocycles. The van der Waals surface area contributed by atoms with Crippen LogP contribution in [-0.2, 0) is 19.5 Å². The summed E-state index contributed by atoms with van der Waals surface area (Å²) in [5.74, 6) is 0.465. The number of halogens is 1. The van der Waals surface area contributed by atoms with Gasteiger partial charge in [-0.25, -0.2) is 13.6 Å². The van der Waals surface area contributed by atoms with Crippen molar-refractivity contribution in [1.82, 2.24) is 10.6 Å². The quantitative estimate of drug-likeness (QED) is 0.191. The third kappa shape index (κ3) is 11.4. The Labute approximate surface area is 149 Å². The van der Waals surface area contributed by atoms with Gasteiger partial charge in [0.25, 0.3) is 0 Å². The van der Waals surface area contributed by atoms with Gasteiger partial charge in [-0.3, -0.25) is 4.99 Å². The topological polar surface area (TPSA) is 115 Å². The second-order valence-electron chi connectivity index (χ2n) is 4.76. The lowest BCUT2D eigenvalue weighted by Crippen LogP contribution is -2.40. The molecular formula is C12H27IN4O4S. The summed E-state index contributed by atoms with van der Waals surface area (Å²) in [5.41, 5.74) is 0. The minimum Gasteiger partial charge on any atom is -0.379 e. The van der Waals surface area contributed by atoms with E-state index in [0.29, 0.717) is 32.3 Å². The molecule has 1 saturated heterocycles. The van der Waals surface area contributed by atoms with Crippen LogP contribution in [-0.4, -0.2) is 65.7 Å². The SMILES string of the molecule is CCNC(=NCCCOC1CCOC1)NCCS(N)(=O)=O.I. The number of nitrogens with one attached hydrogen (secondary N) is 2. The summed E-state index contributed by atoms with van der Waals surface area (Å²) in [6.45, 7) is 5.60. The zero-order chi connectivity index (χ0) is 15.6. The van der Waals surface area contributed by atoms with Gasteiger partial charge in [-0.05, 0) is 19.8 Å². The van der Waals surface area contributed by atoms with E-state index in [1.165, 1.54) is 0 Å². The largest absolute Gasteiger partial charge is 0.379 e. The van der Waals surface area contributed by atoms with E-state index in [1.54, 1.807) is 0 Å². The molecule has 0 aromatic carbocycles.